The van der Waals surface area contributed by atoms with Crippen LogP contribution in [-0.4, -0.2) is 38.8 Å². The summed E-state index contributed by atoms with van der Waals surface area (Å²) in [6.45, 7) is -0.229. The van der Waals surface area contributed by atoms with E-state index in [1.165, 1.54) is 4.90 Å². The summed E-state index contributed by atoms with van der Waals surface area (Å²) in [6.07, 6.45) is 0.884. The molecule has 0 spiro atoms. The van der Waals surface area contributed by atoms with E-state index in [1.54, 1.807) is 0 Å². The molecule has 2 aromatic rings. The van der Waals surface area contributed by atoms with Crippen molar-refractivity contribution in [3.63, 3.8) is 0 Å². The van der Waals surface area contributed by atoms with E-state index in [2.05, 4.69) is 37.2 Å². The Hall–Kier alpha value is -1.73. The number of carbonyl (C=O) groups excluding carboxylic acids is 3. The molecule has 3 amide bonds. The molecule has 3 aliphatic rings. The number of halogens is 2. The lowest BCUT2D eigenvalue weighted by Crippen LogP contribution is -2.39. The molecule has 5 rings (SSSR count). The van der Waals surface area contributed by atoms with Gasteiger partial charge >= 0.3 is 0 Å². The molecule has 2 saturated carbocycles. The van der Waals surface area contributed by atoms with Crippen LogP contribution in [-0.2, 0) is 14.4 Å². The van der Waals surface area contributed by atoms with E-state index in [0.717, 1.165) is 17.2 Å². The highest BCUT2D eigenvalue weighted by Crippen LogP contribution is 2.60. The highest BCUT2D eigenvalue weighted by Gasteiger charge is 2.66. The van der Waals surface area contributed by atoms with Gasteiger partial charge in [0.25, 0.3) is 0 Å². The number of likely N-dealkylation sites (tertiary alicyclic amines) is 1. The average molecular weight is 506 g/mol. The van der Waals surface area contributed by atoms with Gasteiger partial charge in [0, 0.05) is 20.7 Å². The van der Waals surface area contributed by atoms with E-state index >= 15 is 0 Å². The third-order valence-corrected chi connectivity index (χ3v) is 9.65. The maximum Gasteiger partial charge on any atom is 0.244 e. The number of nitrogens with zero attached hydrogens (tertiary/aromatic N) is 1. The third kappa shape index (κ3) is 2.59. The predicted molar refractivity (Wildman–Crippen MR) is 113 cm³/mol. The second-order valence-electron chi connectivity index (χ2n) is 7.84. The van der Waals surface area contributed by atoms with Crippen LogP contribution in [0, 0.1) is 23.7 Å². The van der Waals surface area contributed by atoms with Crippen LogP contribution in [0.1, 0.15) is 6.42 Å². The Morgan fingerprint density at radius 3 is 2.25 bits per heavy atom. The van der Waals surface area contributed by atoms with Crippen LogP contribution in [0.5, 0.6) is 0 Å². The number of hydrogen-bond donors (Lipinski definition) is 1. The first-order chi connectivity index (χ1) is 13.5. The number of amides is 3. The summed E-state index contributed by atoms with van der Waals surface area (Å²) >= 11 is 7.35. The fourth-order valence-electron chi connectivity index (χ4n) is 5.23. The number of carbonyl (C=O) groups is 3. The molecule has 6 atom stereocenters. The van der Waals surface area contributed by atoms with Crippen LogP contribution in [0.25, 0.3) is 10.8 Å². The number of fused-ring (bicyclic) bond motifs is 6. The number of rotatable bonds is 3. The SMILES string of the molecule is O=C(CN1C(=O)[C@@H]2[C@H]3C[C@@H]([C@H](Br)[C@H]3Br)[C@H]2C1=O)Nc1cccc2ccccc12. The van der Waals surface area contributed by atoms with Gasteiger partial charge in [0.05, 0.1) is 11.8 Å². The molecule has 28 heavy (non-hydrogen) atoms. The van der Waals surface area contributed by atoms with Crippen LogP contribution in [0.15, 0.2) is 42.5 Å². The Balaban J connectivity index is 1.35. The summed E-state index contributed by atoms with van der Waals surface area (Å²) in [5.74, 6) is -1.01. The van der Waals surface area contributed by atoms with Gasteiger partial charge in [0.15, 0.2) is 0 Å². The zero-order valence-corrected chi connectivity index (χ0v) is 18.0. The van der Waals surface area contributed by atoms with E-state index in [0.29, 0.717) is 5.69 Å². The summed E-state index contributed by atoms with van der Waals surface area (Å²) in [7, 11) is 0. The molecular weight excluding hydrogens is 488 g/mol. The molecule has 1 N–H and O–H groups in total. The minimum Gasteiger partial charge on any atom is -0.324 e. The molecule has 3 fully saturated rings. The second kappa shape index (κ2) is 6.66. The monoisotopic (exact) mass is 504 g/mol. The molecule has 2 bridgehead atoms. The number of nitrogens with one attached hydrogen (secondary N) is 1. The summed E-state index contributed by atoms with van der Waals surface area (Å²) < 4.78 is 0. The first kappa shape index (κ1) is 18.3. The van der Waals surface area contributed by atoms with E-state index in [-0.39, 0.29) is 57.6 Å². The zero-order valence-electron chi connectivity index (χ0n) is 14.8. The molecule has 1 aliphatic heterocycles. The maximum atomic E-state index is 12.9. The first-order valence-corrected chi connectivity index (χ1v) is 11.2. The van der Waals surface area contributed by atoms with Crippen LogP contribution in [0.2, 0.25) is 0 Å². The van der Waals surface area contributed by atoms with Crippen molar-refractivity contribution in [1.29, 1.82) is 0 Å². The van der Waals surface area contributed by atoms with Gasteiger partial charge in [-0.05, 0) is 29.7 Å². The number of imide groups is 1. The fraction of sp³-hybridized carbons (Fsp3) is 0.381. The summed E-state index contributed by atoms with van der Waals surface area (Å²) in [5, 5.41) is 4.82. The summed E-state index contributed by atoms with van der Waals surface area (Å²) in [4.78, 5) is 40.1. The molecule has 1 saturated heterocycles. The van der Waals surface area contributed by atoms with E-state index in [9.17, 15) is 14.4 Å². The smallest absolute Gasteiger partial charge is 0.244 e. The van der Waals surface area contributed by atoms with Crippen molar-refractivity contribution in [3.8, 4) is 0 Å². The Morgan fingerprint density at radius 2 is 1.57 bits per heavy atom. The Morgan fingerprint density at radius 1 is 0.964 bits per heavy atom. The fourth-order valence-corrected chi connectivity index (χ4v) is 7.11. The van der Waals surface area contributed by atoms with E-state index < -0.39 is 0 Å². The number of benzene rings is 2. The largest absolute Gasteiger partial charge is 0.324 e. The van der Waals surface area contributed by atoms with Gasteiger partial charge in [-0.1, -0.05) is 68.3 Å². The lowest BCUT2D eigenvalue weighted by atomic mass is 9.81. The Bertz CT molecular complexity index is 973. The van der Waals surface area contributed by atoms with Crippen molar-refractivity contribution in [2.75, 3.05) is 11.9 Å². The minimum absolute atomic E-state index is 0.155. The Labute approximate surface area is 179 Å². The highest BCUT2D eigenvalue weighted by atomic mass is 79.9. The van der Waals surface area contributed by atoms with Gasteiger partial charge in [-0.2, -0.15) is 0 Å². The van der Waals surface area contributed by atoms with Crippen LogP contribution < -0.4 is 5.32 Å². The van der Waals surface area contributed by atoms with Crippen LogP contribution >= 0.6 is 31.9 Å². The molecule has 0 unspecified atom stereocenters. The quantitative estimate of drug-likeness (QED) is 0.512. The lowest BCUT2D eigenvalue weighted by molar-refractivity contribution is -0.143. The third-order valence-electron chi connectivity index (χ3n) is 6.44. The number of anilines is 1. The number of hydrogen-bond acceptors (Lipinski definition) is 3. The molecule has 2 aliphatic carbocycles. The molecule has 144 valence electrons. The van der Waals surface area contributed by atoms with Crippen LogP contribution in [0.3, 0.4) is 0 Å². The van der Waals surface area contributed by atoms with Crippen LogP contribution in [0.4, 0.5) is 5.69 Å². The topological polar surface area (TPSA) is 66.5 Å². The van der Waals surface area contributed by atoms with Gasteiger partial charge in [-0.3, -0.25) is 19.3 Å². The Kier molecular flexibility index (Phi) is 4.36. The van der Waals surface area contributed by atoms with Gasteiger partial charge in [-0.25, -0.2) is 0 Å². The number of alkyl halides is 2. The molecule has 0 aromatic heterocycles. The van der Waals surface area contributed by atoms with Gasteiger partial charge in [0.1, 0.15) is 6.54 Å². The molecule has 7 heteroatoms. The normalized spacial score (nSPS) is 33.6. The summed E-state index contributed by atoms with van der Waals surface area (Å²) in [6, 6.07) is 13.4. The predicted octanol–water partition coefficient (Wildman–Crippen LogP) is 3.56. The molecular formula is C21H18Br2N2O3. The minimum atomic E-state index is -0.351. The standard InChI is InChI=1S/C21H18Br2N2O3/c22-18-12-8-13(19(18)23)17-16(12)20(27)25(21(17)28)9-15(26)24-14-7-3-5-10-4-1-2-6-11(10)14/h1-7,12-13,16-19H,8-9H2,(H,24,26)/t12-,13-,16-,17-,18+,19+/m1/s1. The van der Waals surface area contributed by atoms with Gasteiger partial charge in [-0.15, -0.1) is 0 Å². The molecule has 1 heterocycles. The van der Waals surface area contributed by atoms with Crippen molar-refractivity contribution in [3.05, 3.63) is 42.5 Å². The lowest BCUT2D eigenvalue weighted by Gasteiger charge is -2.28. The van der Waals surface area contributed by atoms with Gasteiger partial charge < -0.3 is 5.32 Å². The second-order valence-corrected chi connectivity index (χ2v) is 9.96. The van der Waals surface area contributed by atoms with Gasteiger partial charge in [0.2, 0.25) is 17.7 Å². The van der Waals surface area contributed by atoms with Crippen molar-refractivity contribution < 1.29 is 14.4 Å². The molecule has 5 nitrogen and oxygen atoms in total. The van der Waals surface area contributed by atoms with E-state index in [1.807, 2.05) is 42.5 Å². The van der Waals surface area contributed by atoms with E-state index in [4.69, 9.17) is 0 Å². The van der Waals surface area contributed by atoms with Crippen molar-refractivity contribution >= 4 is 66.0 Å². The highest BCUT2D eigenvalue weighted by molar-refractivity contribution is 9.12. The molecule has 0 radical (unpaired) electrons. The zero-order chi connectivity index (χ0) is 19.6. The maximum absolute atomic E-state index is 12.9. The van der Waals surface area contributed by atoms with Crippen molar-refractivity contribution in [1.82, 2.24) is 4.90 Å². The molecule has 2 aromatic carbocycles. The van der Waals surface area contributed by atoms with Crippen molar-refractivity contribution in [2.45, 2.75) is 16.1 Å². The summed E-state index contributed by atoms with van der Waals surface area (Å²) in [5.41, 5.74) is 0.684. The first-order valence-electron chi connectivity index (χ1n) is 9.38. The van der Waals surface area contributed by atoms with Crippen molar-refractivity contribution in [2.24, 2.45) is 23.7 Å². The average Bonchev–Trinajstić information content (AvgIpc) is 3.29.